The highest BCUT2D eigenvalue weighted by Crippen LogP contribution is 2.31. The number of aryl methyl sites for hydroxylation is 1. The van der Waals surface area contributed by atoms with Crippen molar-refractivity contribution in [2.45, 2.75) is 6.92 Å². The van der Waals surface area contributed by atoms with Gasteiger partial charge in [0.25, 0.3) is 0 Å². The van der Waals surface area contributed by atoms with Crippen molar-refractivity contribution in [2.75, 3.05) is 36.9 Å². The molecule has 1 aliphatic rings. The zero-order valence-electron chi connectivity index (χ0n) is 14.0. The van der Waals surface area contributed by atoms with Crippen molar-refractivity contribution in [3.63, 3.8) is 0 Å². The smallest absolute Gasteiger partial charge is 0.180 e. The first-order valence-corrected chi connectivity index (χ1v) is 9.02. The Morgan fingerprint density at radius 2 is 2.00 bits per heavy atom. The second kappa shape index (κ2) is 6.78. The van der Waals surface area contributed by atoms with E-state index in [0.717, 1.165) is 48.1 Å². The van der Waals surface area contributed by atoms with Crippen LogP contribution in [0.5, 0.6) is 0 Å². The number of nitrogens with two attached hydrogens (primary N) is 1. The van der Waals surface area contributed by atoms with Crippen molar-refractivity contribution < 1.29 is 4.74 Å². The van der Waals surface area contributed by atoms with Crippen LogP contribution in [-0.2, 0) is 4.74 Å². The van der Waals surface area contributed by atoms with Gasteiger partial charge in [-0.2, -0.15) is 0 Å². The van der Waals surface area contributed by atoms with Gasteiger partial charge in [-0.15, -0.1) is 0 Å². The molecule has 0 spiro atoms. The maximum atomic E-state index is 5.82. The molecule has 1 fully saturated rings. The Balaban J connectivity index is 1.68. The molecule has 2 aromatic heterocycles. The highest BCUT2D eigenvalue weighted by molar-refractivity contribution is 7.18. The van der Waals surface area contributed by atoms with Crippen LogP contribution < -0.4 is 10.6 Å². The quantitative estimate of drug-likeness (QED) is 0.780. The molecule has 0 aliphatic carbocycles. The van der Waals surface area contributed by atoms with E-state index in [9.17, 15) is 0 Å². The fourth-order valence-corrected chi connectivity index (χ4v) is 3.75. The molecule has 0 atom stereocenters. The summed E-state index contributed by atoms with van der Waals surface area (Å²) in [4.78, 5) is 16.8. The first-order valence-electron chi connectivity index (χ1n) is 8.20. The number of rotatable bonds is 3. The summed E-state index contributed by atoms with van der Waals surface area (Å²) in [5.74, 6) is 0.707. The van der Waals surface area contributed by atoms with Crippen LogP contribution in [0.2, 0.25) is 0 Å². The van der Waals surface area contributed by atoms with Gasteiger partial charge in [-0.3, -0.25) is 0 Å². The van der Waals surface area contributed by atoms with Crippen LogP contribution >= 0.6 is 11.3 Å². The van der Waals surface area contributed by atoms with Gasteiger partial charge in [0, 0.05) is 30.5 Å². The summed E-state index contributed by atoms with van der Waals surface area (Å²) < 4.78 is 5.43. The highest BCUT2D eigenvalue weighted by atomic mass is 32.1. The van der Waals surface area contributed by atoms with E-state index in [0.29, 0.717) is 11.0 Å². The monoisotopic (exact) mass is 353 g/mol. The Kier molecular flexibility index (Phi) is 4.33. The van der Waals surface area contributed by atoms with E-state index in [2.05, 4.69) is 27.0 Å². The van der Waals surface area contributed by atoms with E-state index < -0.39 is 0 Å². The summed E-state index contributed by atoms with van der Waals surface area (Å²) in [5.41, 5.74) is 9.74. The number of hydrogen-bond acceptors (Lipinski definition) is 7. The van der Waals surface area contributed by atoms with Crippen LogP contribution in [0.3, 0.4) is 0 Å². The Bertz CT molecular complexity index is 889. The molecule has 1 aromatic carbocycles. The van der Waals surface area contributed by atoms with Crippen molar-refractivity contribution in [2.24, 2.45) is 0 Å². The van der Waals surface area contributed by atoms with Crippen LogP contribution in [0.1, 0.15) is 5.69 Å². The molecular weight excluding hydrogens is 334 g/mol. The third-order valence-electron chi connectivity index (χ3n) is 4.18. The lowest BCUT2D eigenvalue weighted by Gasteiger charge is -2.29. The summed E-state index contributed by atoms with van der Waals surface area (Å²) in [7, 11) is 0. The van der Waals surface area contributed by atoms with Crippen molar-refractivity contribution in [3.05, 3.63) is 42.2 Å². The molecule has 128 valence electrons. The molecule has 0 radical (unpaired) electrons. The SMILES string of the molecule is Cc1nc(N)sc1-c1ccnc(-c2cccc(N3CCOCC3)c2)n1. The number of nitrogen functional groups attached to an aromatic ring is 1. The van der Waals surface area contributed by atoms with Crippen molar-refractivity contribution in [3.8, 4) is 22.0 Å². The first-order chi connectivity index (χ1) is 12.2. The molecule has 0 unspecified atom stereocenters. The maximum Gasteiger partial charge on any atom is 0.180 e. The Morgan fingerprint density at radius 3 is 2.76 bits per heavy atom. The van der Waals surface area contributed by atoms with Crippen LogP contribution in [0.25, 0.3) is 22.0 Å². The minimum atomic E-state index is 0.557. The summed E-state index contributed by atoms with van der Waals surface area (Å²) in [6.45, 7) is 5.29. The fourth-order valence-electron chi connectivity index (χ4n) is 2.94. The molecule has 3 heterocycles. The lowest BCUT2D eigenvalue weighted by Crippen LogP contribution is -2.36. The van der Waals surface area contributed by atoms with E-state index >= 15 is 0 Å². The summed E-state index contributed by atoms with van der Waals surface area (Å²) in [6, 6.07) is 10.2. The lowest BCUT2D eigenvalue weighted by molar-refractivity contribution is 0.122. The normalized spacial score (nSPS) is 14.7. The number of ether oxygens (including phenoxy) is 1. The van der Waals surface area contributed by atoms with E-state index in [1.807, 2.05) is 25.1 Å². The van der Waals surface area contributed by atoms with E-state index in [4.69, 9.17) is 15.5 Å². The molecule has 0 amide bonds. The van der Waals surface area contributed by atoms with E-state index in [1.54, 1.807) is 6.20 Å². The standard InChI is InChI=1S/C18H19N5OS/c1-12-16(25-18(19)21-12)15-5-6-20-17(22-15)13-3-2-4-14(11-13)23-7-9-24-10-8-23/h2-6,11H,7-10H2,1H3,(H2,19,21). The number of morpholine rings is 1. The molecule has 7 heteroatoms. The van der Waals surface area contributed by atoms with Gasteiger partial charge in [-0.25, -0.2) is 15.0 Å². The highest BCUT2D eigenvalue weighted by Gasteiger charge is 2.14. The Hall–Kier alpha value is -2.51. The average molecular weight is 353 g/mol. The van der Waals surface area contributed by atoms with Gasteiger partial charge in [0.1, 0.15) is 0 Å². The summed E-state index contributed by atoms with van der Waals surface area (Å²) >= 11 is 1.45. The number of aromatic nitrogens is 3. The van der Waals surface area contributed by atoms with E-state index in [1.165, 1.54) is 17.0 Å². The second-order valence-electron chi connectivity index (χ2n) is 5.88. The molecule has 1 aliphatic heterocycles. The predicted octanol–water partition coefficient (Wildman–Crippen LogP) is 2.99. The van der Waals surface area contributed by atoms with Crippen LogP contribution in [0.15, 0.2) is 36.5 Å². The molecule has 0 saturated carbocycles. The number of anilines is 2. The fraction of sp³-hybridized carbons (Fsp3) is 0.278. The van der Waals surface area contributed by atoms with Crippen molar-refractivity contribution in [1.82, 2.24) is 15.0 Å². The average Bonchev–Trinajstić information content (AvgIpc) is 3.01. The van der Waals surface area contributed by atoms with Crippen LogP contribution in [-0.4, -0.2) is 41.3 Å². The van der Waals surface area contributed by atoms with Gasteiger partial charge in [0.05, 0.1) is 29.5 Å². The summed E-state index contributed by atoms with van der Waals surface area (Å²) in [6.07, 6.45) is 1.79. The number of thiazole rings is 1. The maximum absolute atomic E-state index is 5.82. The third kappa shape index (κ3) is 3.33. The van der Waals surface area contributed by atoms with Gasteiger partial charge in [-0.05, 0) is 25.1 Å². The van der Waals surface area contributed by atoms with Crippen molar-refractivity contribution in [1.29, 1.82) is 0 Å². The zero-order chi connectivity index (χ0) is 17.2. The third-order valence-corrected chi connectivity index (χ3v) is 5.19. The van der Waals surface area contributed by atoms with Gasteiger partial charge in [-0.1, -0.05) is 23.5 Å². The molecule has 25 heavy (non-hydrogen) atoms. The molecular formula is C18H19N5OS. The van der Waals surface area contributed by atoms with E-state index in [-0.39, 0.29) is 0 Å². The Labute approximate surface area is 150 Å². The summed E-state index contributed by atoms with van der Waals surface area (Å²) in [5, 5.41) is 0.557. The first kappa shape index (κ1) is 16.0. The molecule has 6 nitrogen and oxygen atoms in total. The molecule has 2 N–H and O–H groups in total. The Morgan fingerprint density at radius 1 is 1.16 bits per heavy atom. The molecule has 0 bridgehead atoms. The molecule has 4 rings (SSSR count). The predicted molar refractivity (Wildman–Crippen MR) is 101 cm³/mol. The van der Waals surface area contributed by atoms with Crippen LogP contribution in [0, 0.1) is 6.92 Å². The lowest BCUT2D eigenvalue weighted by atomic mass is 10.1. The van der Waals surface area contributed by atoms with Gasteiger partial charge >= 0.3 is 0 Å². The second-order valence-corrected chi connectivity index (χ2v) is 6.91. The largest absolute Gasteiger partial charge is 0.378 e. The number of hydrogen-bond donors (Lipinski definition) is 1. The topological polar surface area (TPSA) is 77.2 Å². The minimum Gasteiger partial charge on any atom is -0.378 e. The number of benzene rings is 1. The van der Waals surface area contributed by atoms with Crippen LogP contribution in [0.4, 0.5) is 10.8 Å². The molecule has 1 saturated heterocycles. The number of nitrogens with zero attached hydrogens (tertiary/aromatic N) is 4. The van der Waals surface area contributed by atoms with Crippen molar-refractivity contribution >= 4 is 22.2 Å². The minimum absolute atomic E-state index is 0.557. The zero-order valence-corrected chi connectivity index (χ0v) is 14.8. The van der Waals surface area contributed by atoms with Gasteiger partial charge in [0.15, 0.2) is 11.0 Å². The molecule has 3 aromatic rings. The van der Waals surface area contributed by atoms with Gasteiger partial charge < -0.3 is 15.4 Å². The van der Waals surface area contributed by atoms with Gasteiger partial charge in [0.2, 0.25) is 0 Å².